The van der Waals surface area contributed by atoms with Crippen LogP contribution in [0, 0.1) is 23.5 Å². The van der Waals surface area contributed by atoms with Crippen molar-refractivity contribution >= 4 is 27.7 Å². The van der Waals surface area contributed by atoms with Gasteiger partial charge in [-0.2, -0.15) is 4.31 Å². The van der Waals surface area contributed by atoms with Gasteiger partial charge in [-0.05, 0) is 25.0 Å². The van der Waals surface area contributed by atoms with Gasteiger partial charge in [-0.1, -0.05) is 18.9 Å². The maximum atomic E-state index is 14.0. The third kappa shape index (κ3) is 4.03. The molecule has 3 amide bonds. The first-order chi connectivity index (χ1) is 15.2. The molecular formula is C21H25F2N3O5S. The van der Waals surface area contributed by atoms with Gasteiger partial charge in [0.05, 0.1) is 11.8 Å². The second-order valence-electron chi connectivity index (χ2n) is 8.41. The van der Waals surface area contributed by atoms with Crippen LogP contribution in [0.15, 0.2) is 23.1 Å². The van der Waals surface area contributed by atoms with Crippen molar-refractivity contribution in [3.8, 4) is 0 Å². The van der Waals surface area contributed by atoms with Crippen molar-refractivity contribution in [3.05, 3.63) is 29.8 Å². The van der Waals surface area contributed by atoms with Crippen molar-refractivity contribution in [3.63, 3.8) is 0 Å². The van der Waals surface area contributed by atoms with Gasteiger partial charge in [0.25, 0.3) is 0 Å². The summed E-state index contributed by atoms with van der Waals surface area (Å²) >= 11 is 0. The second-order valence-corrected chi connectivity index (χ2v) is 10.3. The average Bonchev–Trinajstić information content (AvgIpc) is 3.02. The minimum absolute atomic E-state index is 0.0163. The highest BCUT2D eigenvalue weighted by atomic mass is 32.2. The second kappa shape index (κ2) is 8.86. The molecule has 3 fully saturated rings. The number of carbonyl (C=O) groups is 3. The molecule has 2 heterocycles. The van der Waals surface area contributed by atoms with Gasteiger partial charge < -0.3 is 4.90 Å². The fourth-order valence-electron chi connectivity index (χ4n) is 4.85. The Bertz CT molecular complexity index is 996. The molecule has 0 N–H and O–H groups in total. The molecule has 1 aliphatic carbocycles. The predicted molar refractivity (Wildman–Crippen MR) is 108 cm³/mol. The molecule has 2 atom stereocenters. The number of fused-ring (bicyclic) bond motifs is 1. The van der Waals surface area contributed by atoms with Crippen LogP contribution in [0.5, 0.6) is 0 Å². The third-order valence-electron chi connectivity index (χ3n) is 6.59. The lowest BCUT2D eigenvalue weighted by atomic mass is 9.81. The smallest absolute Gasteiger partial charge is 0.249 e. The molecule has 0 spiro atoms. The number of imide groups is 1. The van der Waals surface area contributed by atoms with Crippen LogP contribution in [0.2, 0.25) is 0 Å². The van der Waals surface area contributed by atoms with Crippen LogP contribution >= 0.6 is 0 Å². The molecule has 8 nitrogen and oxygen atoms in total. The Hall–Kier alpha value is -2.40. The van der Waals surface area contributed by atoms with Crippen LogP contribution in [-0.2, 0) is 24.4 Å². The predicted octanol–water partition coefficient (Wildman–Crippen LogP) is 1.36. The van der Waals surface area contributed by atoms with Crippen molar-refractivity contribution in [1.29, 1.82) is 0 Å². The molecule has 2 saturated heterocycles. The highest BCUT2D eigenvalue weighted by Crippen LogP contribution is 2.38. The van der Waals surface area contributed by atoms with Crippen molar-refractivity contribution in [2.24, 2.45) is 11.8 Å². The third-order valence-corrected chi connectivity index (χ3v) is 8.54. The van der Waals surface area contributed by atoms with Crippen molar-refractivity contribution in [2.75, 3.05) is 32.7 Å². The number of hydrogen-bond acceptors (Lipinski definition) is 5. The number of amides is 3. The monoisotopic (exact) mass is 469 g/mol. The van der Waals surface area contributed by atoms with E-state index in [9.17, 15) is 31.6 Å². The quantitative estimate of drug-likeness (QED) is 0.607. The Morgan fingerprint density at radius 3 is 2.00 bits per heavy atom. The van der Waals surface area contributed by atoms with Crippen LogP contribution in [-0.4, -0.2) is 73.0 Å². The van der Waals surface area contributed by atoms with Gasteiger partial charge in [0.1, 0.15) is 11.6 Å². The van der Waals surface area contributed by atoms with E-state index in [1.807, 2.05) is 0 Å². The number of carbonyl (C=O) groups excluding carboxylic acids is 3. The highest BCUT2D eigenvalue weighted by Gasteiger charge is 2.48. The molecule has 0 unspecified atom stereocenters. The number of hydrogen-bond donors (Lipinski definition) is 0. The first kappa shape index (κ1) is 22.8. The molecule has 0 bridgehead atoms. The largest absolute Gasteiger partial charge is 0.340 e. The molecule has 0 radical (unpaired) electrons. The summed E-state index contributed by atoms with van der Waals surface area (Å²) in [6.45, 7) is -0.0772. The summed E-state index contributed by atoms with van der Waals surface area (Å²) in [5.74, 6) is -3.55. The van der Waals surface area contributed by atoms with Gasteiger partial charge in [0.2, 0.25) is 27.7 Å². The van der Waals surface area contributed by atoms with E-state index in [0.29, 0.717) is 12.8 Å². The van der Waals surface area contributed by atoms with Crippen molar-refractivity contribution in [2.45, 2.75) is 37.0 Å². The maximum absolute atomic E-state index is 14.0. The van der Waals surface area contributed by atoms with Crippen LogP contribution in [0.1, 0.15) is 32.1 Å². The van der Waals surface area contributed by atoms with E-state index in [-0.39, 0.29) is 68.7 Å². The molecule has 3 aliphatic rings. The lowest BCUT2D eigenvalue weighted by Crippen LogP contribution is -2.51. The summed E-state index contributed by atoms with van der Waals surface area (Å²) in [6, 6.07) is 2.85. The molecular weight excluding hydrogens is 444 g/mol. The molecule has 1 aromatic carbocycles. The van der Waals surface area contributed by atoms with Gasteiger partial charge in [-0.3, -0.25) is 19.3 Å². The van der Waals surface area contributed by atoms with Crippen LogP contribution in [0.4, 0.5) is 8.78 Å². The van der Waals surface area contributed by atoms with E-state index in [1.54, 1.807) is 0 Å². The van der Waals surface area contributed by atoms with Gasteiger partial charge in [-0.25, -0.2) is 17.2 Å². The molecule has 1 aromatic rings. The SMILES string of the molecule is O=C(CCN1C(=O)[C@H]2CCCC[C@H]2C1=O)N1CCN(S(=O)(=O)c2c(F)cccc2F)CC1. The van der Waals surface area contributed by atoms with Crippen LogP contribution < -0.4 is 0 Å². The van der Waals surface area contributed by atoms with Gasteiger partial charge >= 0.3 is 0 Å². The van der Waals surface area contributed by atoms with Gasteiger partial charge in [0.15, 0.2) is 4.90 Å². The first-order valence-electron chi connectivity index (χ1n) is 10.8. The van der Waals surface area contributed by atoms with E-state index in [1.165, 1.54) is 9.80 Å². The molecule has 1 saturated carbocycles. The molecule has 11 heteroatoms. The fourth-order valence-corrected chi connectivity index (χ4v) is 6.38. The van der Waals surface area contributed by atoms with E-state index in [4.69, 9.17) is 0 Å². The first-order valence-corrected chi connectivity index (χ1v) is 12.2. The Kier molecular flexibility index (Phi) is 6.30. The zero-order valence-electron chi connectivity index (χ0n) is 17.5. The lowest BCUT2D eigenvalue weighted by Gasteiger charge is -2.34. The van der Waals surface area contributed by atoms with Crippen LogP contribution in [0.25, 0.3) is 0 Å². The van der Waals surface area contributed by atoms with Crippen molar-refractivity contribution < 1.29 is 31.6 Å². The maximum Gasteiger partial charge on any atom is 0.249 e. The Labute approximate surface area is 185 Å². The van der Waals surface area contributed by atoms with Gasteiger partial charge in [0, 0.05) is 39.1 Å². The number of nitrogens with zero attached hydrogens (tertiary/aromatic N) is 3. The zero-order chi connectivity index (χ0) is 23.0. The minimum atomic E-state index is -4.38. The summed E-state index contributed by atoms with van der Waals surface area (Å²) in [7, 11) is -4.38. The number of likely N-dealkylation sites (tertiary alicyclic amines) is 1. The molecule has 4 rings (SSSR count). The van der Waals surface area contributed by atoms with E-state index < -0.39 is 26.6 Å². The highest BCUT2D eigenvalue weighted by molar-refractivity contribution is 7.89. The van der Waals surface area contributed by atoms with E-state index in [2.05, 4.69) is 0 Å². The number of halogens is 2. The molecule has 174 valence electrons. The molecule has 32 heavy (non-hydrogen) atoms. The van der Waals surface area contributed by atoms with Crippen LogP contribution in [0.3, 0.4) is 0 Å². The topological polar surface area (TPSA) is 95.1 Å². The van der Waals surface area contributed by atoms with Crippen molar-refractivity contribution in [1.82, 2.24) is 14.1 Å². The summed E-state index contributed by atoms with van der Waals surface area (Å²) in [5.41, 5.74) is 0. The Morgan fingerprint density at radius 2 is 1.47 bits per heavy atom. The molecule has 0 aromatic heterocycles. The van der Waals surface area contributed by atoms with E-state index in [0.717, 1.165) is 35.3 Å². The summed E-state index contributed by atoms with van der Waals surface area (Å²) < 4.78 is 54.2. The zero-order valence-corrected chi connectivity index (χ0v) is 18.3. The summed E-state index contributed by atoms with van der Waals surface area (Å²) in [4.78, 5) is 39.3. The standard InChI is InChI=1S/C21H25F2N3O5S/c22-16-6-3-7-17(23)19(16)32(30,31)25-12-10-24(11-13-25)18(27)8-9-26-20(28)14-4-1-2-5-15(14)21(26)29/h3,6-7,14-15H,1-2,4-5,8-13H2/t14-,15+. The Balaban J connectivity index is 1.33. The number of piperazine rings is 1. The average molecular weight is 470 g/mol. The summed E-state index contributed by atoms with van der Waals surface area (Å²) in [5, 5.41) is 0. The van der Waals surface area contributed by atoms with Gasteiger partial charge in [-0.15, -0.1) is 0 Å². The summed E-state index contributed by atoms with van der Waals surface area (Å²) in [6.07, 6.45) is 3.23. The fraction of sp³-hybridized carbons (Fsp3) is 0.571. The normalized spacial score (nSPS) is 24.7. The molecule has 2 aliphatic heterocycles. The number of rotatable bonds is 5. The number of sulfonamides is 1. The van der Waals surface area contributed by atoms with E-state index >= 15 is 0 Å². The lowest BCUT2D eigenvalue weighted by molar-refractivity contribution is -0.141. The minimum Gasteiger partial charge on any atom is -0.340 e. The number of benzene rings is 1. The Morgan fingerprint density at radius 1 is 0.938 bits per heavy atom.